The molecule has 1 N–H and O–H groups in total. The van der Waals surface area contributed by atoms with Gasteiger partial charge in [-0.2, -0.15) is 0 Å². The van der Waals surface area contributed by atoms with Crippen LogP contribution in [0.4, 0.5) is 0 Å². The molecule has 5 heteroatoms. The number of piperidine rings is 1. The maximum absolute atomic E-state index is 4.59. The van der Waals surface area contributed by atoms with Crippen molar-refractivity contribution < 1.29 is 0 Å². The summed E-state index contributed by atoms with van der Waals surface area (Å²) in [7, 11) is 0. The smallest absolute Gasteiger partial charge is 0.233 e. The van der Waals surface area contributed by atoms with Crippen molar-refractivity contribution in [2.75, 3.05) is 26.2 Å². The molecule has 0 aromatic carbocycles. The molecular formula is C15H23N5. The predicted molar refractivity (Wildman–Crippen MR) is 79.5 cm³/mol. The van der Waals surface area contributed by atoms with Gasteiger partial charge >= 0.3 is 0 Å². The highest BCUT2D eigenvalue weighted by Crippen LogP contribution is 2.13. The molecule has 1 unspecified atom stereocenters. The Kier molecular flexibility index (Phi) is 4.28. The quantitative estimate of drug-likeness (QED) is 0.898. The Bertz CT molecular complexity index is 511. The van der Waals surface area contributed by atoms with Crippen LogP contribution in [0.1, 0.15) is 25.5 Å². The van der Waals surface area contributed by atoms with Crippen LogP contribution < -0.4 is 5.32 Å². The molecule has 1 fully saturated rings. The number of aromatic nitrogens is 3. The second-order valence-electron chi connectivity index (χ2n) is 5.60. The molecule has 108 valence electrons. The molecule has 3 heterocycles. The highest BCUT2D eigenvalue weighted by atomic mass is 15.2. The zero-order chi connectivity index (χ0) is 13.8. The van der Waals surface area contributed by atoms with Gasteiger partial charge in [0.25, 0.3) is 0 Å². The molecule has 20 heavy (non-hydrogen) atoms. The number of hydrogen-bond donors (Lipinski definition) is 1. The van der Waals surface area contributed by atoms with E-state index in [1.165, 1.54) is 19.4 Å². The Morgan fingerprint density at radius 1 is 1.50 bits per heavy atom. The van der Waals surface area contributed by atoms with Gasteiger partial charge in [0.1, 0.15) is 0 Å². The van der Waals surface area contributed by atoms with Crippen LogP contribution in [0.2, 0.25) is 0 Å². The Morgan fingerprint density at radius 3 is 3.20 bits per heavy atom. The summed E-state index contributed by atoms with van der Waals surface area (Å²) in [6.07, 6.45) is 8.53. The average molecular weight is 273 g/mol. The van der Waals surface area contributed by atoms with Gasteiger partial charge in [0, 0.05) is 31.7 Å². The molecule has 0 aliphatic carbocycles. The van der Waals surface area contributed by atoms with Gasteiger partial charge in [0.15, 0.2) is 0 Å². The van der Waals surface area contributed by atoms with E-state index in [1.54, 1.807) is 6.20 Å². The summed E-state index contributed by atoms with van der Waals surface area (Å²) in [5.41, 5.74) is 1.11. The topological polar surface area (TPSA) is 45.5 Å². The number of imidazole rings is 1. The lowest BCUT2D eigenvalue weighted by Gasteiger charge is -2.28. The molecule has 0 spiro atoms. The van der Waals surface area contributed by atoms with Gasteiger partial charge in [-0.1, -0.05) is 6.92 Å². The summed E-state index contributed by atoms with van der Waals surface area (Å²) in [5, 5.41) is 3.49. The second-order valence-corrected chi connectivity index (χ2v) is 5.60. The number of rotatable bonds is 5. The minimum atomic E-state index is 0.777. The van der Waals surface area contributed by atoms with E-state index in [-0.39, 0.29) is 0 Å². The van der Waals surface area contributed by atoms with Crippen molar-refractivity contribution in [1.29, 1.82) is 0 Å². The largest absolute Gasteiger partial charge is 0.316 e. The van der Waals surface area contributed by atoms with Gasteiger partial charge in [-0.15, -0.1) is 0 Å². The van der Waals surface area contributed by atoms with E-state index in [0.29, 0.717) is 0 Å². The second kappa shape index (κ2) is 6.33. The fourth-order valence-corrected chi connectivity index (χ4v) is 2.94. The molecule has 1 atom stereocenters. The molecule has 1 aliphatic rings. The summed E-state index contributed by atoms with van der Waals surface area (Å²) >= 11 is 0. The molecule has 2 aromatic heterocycles. The van der Waals surface area contributed by atoms with Crippen LogP contribution in [-0.2, 0) is 6.54 Å². The van der Waals surface area contributed by atoms with E-state index >= 15 is 0 Å². The maximum atomic E-state index is 4.59. The Morgan fingerprint density at radius 2 is 2.45 bits per heavy atom. The molecule has 1 aliphatic heterocycles. The standard InChI is InChI=1S/C15H23N5/c1-2-19(10-13-5-3-6-16-9-13)11-14-12-20-8-4-7-17-15(20)18-14/h4,7-8,12-13,16H,2-3,5-6,9-11H2,1H3. The lowest BCUT2D eigenvalue weighted by molar-refractivity contribution is 0.208. The Balaban J connectivity index is 1.64. The van der Waals surface area contributed by atoms with E-state index in [4.69, 9.17) is 0 Å². The third kappa shape index (κ3) is 3.16. The van der Waals surface area contributed by atoms with E-state index in [0.717, 1.165) is 43.6 Å². The van der Waals surface area contributed by atoms with Crippen molar-refractivity contribution in [1.82, 2.24) is 24.6 Å². The molecule has 0 amide bonds. The molecule has 0 saturated carbocycles. The Labute approximate surface area is 120 Å². The molecule has 0 bridgehead atoms. The first-order chi connectivity index (χ1) is 9.85. The molecule has 0 radical (unpaired) electrons. The van der Waals surface area contributed by atoms with Crippen LogP contribution in [0.3, 0.4) is 0 Å². The summed E-state index contributed by atoms with van der Waals surface area (Å²) in [6.45, 7) is 7.70. The van der Waals surface area contributed by atoms with E-state index in [2.05, 4.69) is 33.3 Å². The van der Waals surface area contributed by atoms with E-state index in [1.807, 2.05) is 16.7 Å². The van der Waals surface area contributed by atoms with Crippen LogP contribution in [0, 0.1) is 5.92 Å². The first kappa shape index (κ1) is 13.5. The third-order valence-electron chi connectivity index (χ3n) is 4.03. The van der Waals surface area contributed by atoms with Crippen LogP contribution in [-0.4, -0.2) is 45.4 Å². The minimum Gasteiger partial charge on any atom is -0.316 e. The fraction of sp³-hybridized carbons (Fsp3) is 0.600. The SMILES string of the molecule is CCN(Cc1cn2cccnc2n1)CC1CCCNC1. The van der Waals surface area contributed by atoms with Gasteiger partial charge in [-0.05, 0) is 44.5 Å². The summed E-state index contributed by atoms with van der Waals surface area (Å²) in [5.74, 6) is 1.57. The molecule has 1 saturated heterocycles. The van der Waals surface area contributed by atoms with Crippen molar-refractivity contribution in [3.05, 3.63) is 30.4 Å². The third-order valence-corrected chi connectivity index (χ3v) is 4.03. The van der Waals surface area contributed by atoms with Crippen molar-refractivity contribution in [3.63, 3.8) is 0 Å². The van der Waals surface area contributed by atoms with Gasteiger partial charge in [0.05, 0.1) is 5.69 Å². The van der Waals surface area contributed by atoms with Gasteiger partial charge in [0.2, 0.25) is 5.78 Å². The number of fused-ring (bicyclic) bond motifs is 1. The van der Waals surface area contributed by atoms with Crippen LogP contribution in [0.5, 0.6) is 0 Å². The van der Waals surface area contributed by atoms with Crippen LogP contribution in [0.15, 0.2) is 24.7 Å². The van der Waals surface area contributed by atoms with Crippen LogP contribution in [0.25, 0.3) is 5.78 Å². The first-order valence-electron chi connectivity index (χ1n) is 7.57. The van der Waals surface area contributed by atoms with E-state index < -0.39 is 0 Å². The zero-order valence-electron chi connectivity index (χ0n) is 12.1. The Hall–Kier alpha value is -1.46. The monoisotopic (exact) mass is 273 g/mol. The average Bonchev–Trinajstić information content (AvgIpc) is 2.90. The van der Waals surface area contributed by atoms with Crippen molar-refractivity contribution >= 4 is 5.78 Å². The number of nitrogens with one attached hydrogen (secondary N) is 1. The van der Waals surface area contributed by atoms with Crippen molar-refractivity contribution in [2.24, 2.45) is 5.92 Å². The lowest BCUT2D eigenvalue weighted by Crippen LogP contribution is -2.38. The predicted octanol–water partition coefficient (Wildman–Crippen LogP) is 1.55. The fourth-order valence-electron chi connectivity index (χ4n) is 2.94. The van der Waals surface area contributed by atoms with Crippen LogP contribution >= 0.6 is 0 Å². The normalized spacial score (nSPS) is 19.8. The first-order valence-corrected chi connectivity index (χ1v) is 7.57. The van der Waals surface area contributed by atoms with Crippen molar-refractivity contribution in [2.45, 2.75) is 26.3 Å². The molecule has 2 aromatic rings. The number of nitrogens with zero attached hydrogens (tertiary/aromatic N) is 4. The summed E-state index contributed by atoms with van der Waals surface area (Å²) in [6, 6.07) is 1.93. The van der Waals surface area contributed by atoms with Crippen molar-refractivity contribution in [3.8, 4) is 0 Å². The highest BCUT2D eigenvalue weighted by Gasteiger charge is 2.17. The minimum absolute atomic E-state index is 0.777. The van der Waals surface area contributed by atoms with E-state index in [9.17, 15) is 0 Å². The number of hydrogen-bond acceptors (Lipinski definition) is 4. The zero-order valence-corrected chi connectivity index (χ0v) is 12.1. The highest BCUT2D eigenvalue weighted by molar-refractivity contribution is 5.29. The lowest BCUT2D eigenvalue weighted by atomic mass is 9.99. The van der Waals surface area contributed by atoms with Gasteiger partial charge in [-0.3, -0.25) is 9.30 Å². The van der Waals surface area contributed by atoms with Gasteiger partial charge in [-0.25, -0.2) is 9.97 Å². The molecular weight excluding hydrogens is 250 g/mol. The molecule has 3 rings (SSSR count). The summed E-state index contributed by atoms with van der Waals surface area (Å²) in [4.78, 5) is 11.3. The van der Waals surface area contributed by atoms with Gasteiger partial charge < -0.3 is 5.32 Å². The molecule has 5 nitrogen and oxygen atoms in total. The maximum Gasteiger partial charge on any atom is 0.233 e. The summed E-state index contributed by atoms with van der Waals surface area (Å²) < 4.78 is 1.99.